The number of fused-ring (bicyclic) bond motifs is 6. The molecule has 4 atom stereocenters. The molecular formula is C39H47N5O7Si. The highest BCUT2D eigenvalue weighted by molar-refractivity contribution is 6.73. The fourth-order valence-corrected chi connectivity index (χ4v) is 12.0. The lowest BCUT2D eigenvalue weighted by molar-refractivity contribution is 0.0250. The molecule has 0 bridgehead atoms. The van der Waals surface area contributed by atoms with Crippen molar-refractivity contribution in [2.24, 2.45) is 10.2 Å². The number of likely N-dealkylation sites (tertiary alicyclic amines) is 2. The normalized spacial score (nSPS) is 24.4. The molecule has 0 radical (unpaired) electrons. The van der Waals surface area contributed by atoms with E-state index in [1.165, 1.54) is 24.0 Å². The van der Waals surface area contributed by atoms with Crippen LogP contribution in [0.1, 0.15) is 55.9 Å². The van der Waals surface area contributed by atoms with Crippen molar-refractivity contribution in [2.75, 3.05) is 32.2 Å². The Bertz CT molecular complexity index is 1860. The van der Waals surface area contributed by atoms with E-state index in [4.69, 9.17) is 28.9 Å². The van der Waals surface area contributed by atoms with Crippen LogP contribution in [0.2, 0.25) is 18.1 Å². The molecule has 12 nitrogen and oxygen atoms in total. The van der Waals surface area contributed by atoms with Crippen molar-refractivity contribution in [2.45, 2.75) is 88.1 Å². The van der Waals surface area contributed by atoms with E-state index < -0.39 is 37.8 Å². The van der Waals surface area contributed by atoms with E-state index in [0.717, 1.165) is 40.4 Å². The zero-order chi connectivity index (χ0) is 36.7. The first kappa shape index (κ1) is 35.6. The molecule has 0 N–H and O–H groups in total. The Morgan fingerprint density at radius 3 is 2.15 bits per heavy atom. The summed E-state index contributed by atoms with van der Waals surface area (Å²) in [5.74, 6) is 0. The predicted octanol–water partition coefficient (Wildman–Crippen LogP) is 8.23. The van der Waals surface area contributed by atoms with Gasteiger partial charge in [0.2, 0.25) is 0 Å². The lowest BCUT2D eigenvalue weighted by Crippen LogP contribution is -2.53. The number of amides is 3. The van der Waals surface area contributed by atoms with Crippen LogP contribution in [-0.2, 0) is 42.8 Å². The number of nitrogens with zero attached hydrogens (tertiary/aromatic N) is 5. The Labute approximate surface area is 305 Å². The van der Waals surface area contributed by atoms with E-state index in [9.17, 15) is 14.4 Å². The number of rotatable bonds is 9. The van der Waals surface area contributed by atoms with Gasteiger partial charge < -0.3 is 23.5 Å². The van der Waals surface area contributed by atoms with Gasteiger partial charge in [-0.25, -0.2) is 14.4 Å². The minimum atomic E-state index is -2.14. The zero-order valence-electron chi connectivity index (χ0n) is 30.5. The van der Waals surface area contributed by atoms with Gasteiger partial charge in [-0.1, -0.05) is 81.4 Å². The molecule has 1 aliphatic carbocycles. The number of para-hydroxylation sites is 1. The van der Waals surface area contributed by atoms with Crippen LogP contribution < -0.4 is 4.90 Å². The summed E-state index contributed by atoms with van der Waals surface area (Å²) in [5.41, 5.74) is 3.16. The number of benzene rings is 3. The lowest BCUT2D eigenvalue weighted by atomic mass is 9.90. The van der Waals surface area contributed by atoms with Crippen molar-refractivity contribution < 1.29 is 33.0 Å². The summed E-state index contributed by atoms with van der Waals surface area (Å²) < 4.78 is 23.7. The molecule has 52 heavy (non-hydrogen) atoms. The average Bonchev–Trinajstić information content (AvgIpc) is 3.91. The number of ether oxygens (including phenoxy) is 3. The summed E-state index contributed by atoms with van der Waals surface area (Å²) in [5, 5.41) is 10.1. The summed E-state index contributed by atoms with van der Waals surface area (Å²) >= 11 is 0. The maximum Gasteiger partial charge on any atom is 0.416 e. The maximum atomic E-state index is 14.0. The summed E-state index contributed by atoms with van der Waals surface area (Å²) in [6.45, 7) is 7.56. The summed E-state index contributed by atoms with van der Waals surface area (Å²) in [7, 11) is 0.613. The van der Waals surface area contributed by atoms with Crippen LogP contribution in [0.4, 0.5) is 25.8 Å². The van der Waals surface area contributed by atoms with Gasteiger partial charge in [-0.2, -0.15) is 10.2 Å². The molecule has 3 amide bonds. The molecule has 2 saturated heterocycles. The number of hydrogen-bond acceptors (Lipinski definition) is 9. The van der Waals surface area contributed by atoms with Crippen LogP contribution in [0.25, 0.3) is 0 Å². The molecule has 0 saturated carbocycles. The number of azo groups is 1. The molecule has 274 valence electrons. The van der Waals surface area contributed by atoms with E-state index in [2.05, 4.69) is 26.8 Å². The van der Waals surface area contributed by atoms with Crippen LogP contribution in [-0.4, -0.2) is 75.9 Å². The van der Waals surface area contributed by atoms with E-state index in [0.29, 0.717) is 43.7 Å². The largest absolute Gasteiger partial charge is 0.453 e. The quantitative estimate of drug-likeness (QED) is 0.124. The Balaban J connectivity index is 1.30. The minimum Gasteiger partial charge on any atom is -0.453 e. The third-order valence-electron chi connectivity index (χ3n) is 11.9. The number of carbonyl (C=O) groups is 3. The number of anilines is 1. The van der Waals surface area contributed by atoms with Crippen molar-refractivity contribution in [3.8, 4) is 0 Å². The Morgan fingerprint density at radius 1 is 0.788 bits per heavy atom. The van der Waals surface area contributed by atoms with E-state index in [1.807, 2.05) is 71.6 Å². The smallest absolute Gasteiger partial charge is 0.416 e. The molecule has 2 fully saturated rings. The molecule has 3 aliphatic heterocycles. The van der Waals surface area contributed by atoms with Gasteiger partial charge in [-0.3, -0.25) is 9.80 Å². The molecule has 3 aromatic rings. The van der Waals surface area contributed by atoms with Crippen molar-refractivity contribution in [1.29, 1.82) is 0 Å². The molecule has 7 rings (SSSR count). The van der Waals surface area contributed by atoms with Crippen LogP contribution >= 0.6 is 0 Å². The fraction of sp³-hybridized carbons (Fsp3) is 0.462. The highest BCUT2D eigenvalue weighted by Gasteiger charge is 2.63. The van der Waals surface area contributed by atoms with Crippen LogP contribution in [0.3, 0.4) is 0 Å². The topological polar surface area (TPSA) is 123 Å². The fourth-order valence-electron chi connectivity index (χ4n) is 8.99. The van der Waals surface area contributed by atoms with Crippen molar-refractivity contribution in [3.63, 3.8) is 0 Å². The van der Waals surface area contributed by atoms with Crippen molar-refractivity contribution in [3.05, 3.63) is 95.1 Å². The average molecular weight is 726 g/mol. The van der Waals surface area contributed by atoms with Gasteiger partial charge in [0, 0.05) is 25.1 Å². The molecule has 3 aromatic carbocycles. The Hall–Kier alpha value is -4.75. The van der Waals surface area contributed by atoms with E-state index in [1.54, 1.807) is 0 Å². The second kappa shape index (κ2) is 14.0. The van der Waals surface area contributed by atoms with E-state index in [-0.39, 0.29) is 18.7 Å². The molecule has 13 heteroatoms. The number of methoxy groups -OCH3 is 2. The van der Waals surface area contributed by atoms with Crippen molar-refractivity contribution >= 4 is 38.0 Å². The summed E-state index contributed by atoms with van der Waals surface area (Å²) in [6.07, 6.45) is -0.769. The summed E-state index contributed by atoms with van der Waals surface area (Å²) in [6, 6.07) is 25.7. The van der Waals surface area contributed by atoms with Gasteiger partial charge in [0.15, 0.2) is 8.32 Å². The summed E-state index contributed by atoms with van der Waals surface area (Å²) in [4.78, 5) is 45.2. The van der Waals surface area contributed by atoms with Gasteiger partial charge in [-0.05, 0) is 59.8 Å². The van der Waals surface area contributed by atoms with Gasteiger partial charge >= 0.3 is 18.3 Å². The van der Waals surface area contributed by atoms with E-state index >= 15 is 0 Å². The van der Waals surface area contributed by atoms with Crippen LogP contribution in [0.5, 0.6) is 0 Å². The highest BCUT2D eigenvalue weighted by Crippen LogP contribution is 2.56. The van der Waals surface area contributed by atoms with Crippen LogP contribution in [0, 0.1) is 0 Å². The Morgan fingerprint density at radius 2 is 1.44 bits per heavy atom. The van der Waals surface area contributed by atoms with Crippen molar-refractivity contribution in [1.82, 2.24) is 9.80 Å². The van der Waals surface area contributed by atoms with Gasteiger partial charge in [-0.15, -0.1) is 0 Å². The molecule has 3 heterocycles. The number of hydrogen-bond donors (Lipinski definition) is 0. The minimum absolute atomic E-state index is 0.0692. The third kappa shape index (κ3) is 5.56. The molecule has 2 unspecified atom stereocenters. The highest BCUT2D eigenvalue weighted by atomic mass is 28.4. The van der Waals surface area contributed by atoms with Crippen LogP contribution in [0.15, 0.2) is 83.0 Å². The molecule has 0 aromatic heterocycles. The lowest BCUT2D eigenvalue weighted by Gasteiger charge is -2.42. The first-order valence-corrected chi connectivity index (χ1v) is 20.8. The molecular weight excluding hydrogens is 679 g/mol. The Kier molecular flexibility index (Phi) is 9.59. The molecule has 0 spiro atoms. The second-order valence-electron chi connectivity index (χ2n) is 14.0. The second-order valence-corrected chi connectivity index (χ2v) is 18.7. The van der Waals surface area contributed by atoms with Gasteiger partial charge in [0.05, 0.1) is 31.6 Å². The van der Waals surface area contributed by atoms with Gasteiger partial charge in [0.1, 0.15) is 23.9 Å². The van der Waals surface area contributed by atoms with Gasteiger partial charge in [0.25, 0.3) is 0 Å². The SMILES string of the molecule is CC[Si](CC)(CC)O[C@]12CCN(C(=O)OC)C1Cc1c(N=N[C@]34CCN(C(=O)OC)C3N(C(=O)OCc3ccccc3)c3ccccc34)cccc12. The molecule has 4 aliphatic rings. The first-order valence-electron chi connectivity index (χ1n) is 18.3. The maximum absolute atomic E-state index is 14.0. The predicted molar refractivity (Wildman–Crippen MR) is 197 cm³/mol. The monoisotopic (exact) mass is 725 g/mol. The standard InChI is InChI=1S/C39H47N5O7Si/c1-6-52(7-2,8-3)51-39-22-24-42(35(45)48-4)33(39)25-28-29(39)18-14-19-31(28)40-41-38-21-23-43(36(46)49-5)34(38)44(32-20-13-12-17-30(32)38)37(47)50-26-27-15-10-9-11-16-27/h9-20,33-34H,6-8,21-26H2,1-5H3/t33?,34?,38-,39-/m0/s1. The number of carbonyl (C=O) groups excluding carboxylic acids is 3. The third-order valence-corrected chi connectivity index (χ3v) is 16.5. The first-order chi connectivity index (χ1) is 25.2. The zero-order valence-corrected chi connectivity index (χ0v) is 31.5.